The molecule has 114 valence electrons. The number of hydrogen-bond acceptors (Lipinski definition) is 3. The van der Waals surface area contributed by atoms with Crippen LogP contribution in [-0.4, -0.2) is 18.9 Å². The van der Waals surface area contributed by atoms with E-state index in [-0.39, 0.29) is 5.56 Å². The van der Waals surface area contributed by atoms with Crippen molar-refractivity contribution >= 4 is 27.7 Å². The molecule has 0 saturated carbocycles. The van der Waals surface area contributed by atoms with Crippen LogP contribution in [0.3, 0.4) is 0 Å². The molecule has 3 aromatic heterocycles. The van der Waals surface area contributed by atoms with Gasteiger partial charge < -0.3 is 0 Å². The second-order valence-corrected chi connectivity index (χ2v) is 5.58. The molecule has 0 atom stereocenters. The summed E-state index contributed by atoms with van der Waals surface area (Å²) in [5.74, 6) is 1.30. The summed E-state index contributed by atoms with van der Waals surface area (Å²) in [4.78, 5) is 22.2. The molecule has 0 bridgehead atoms. The molecule has 0 fully saturated rings. The van der Waals surface area contributed by atoms with Gasteiger partial charge in [-0.25, -0.2) is 14.4 Å². The van der Waals surface area contributed by atoms with Gasteiger partial charge in [-0.3, -0.25) is 9.36 Å². The van der Waals surface area contributed by atoms with Crippen LogP contribution in [0, 0.1) is 0 Å². The molecule has 0 aliphatic carbocycles. The van der Waals surface area contributed by atoms with Gasteiger partial charge in [-0.1, -0.05) is 30.3 Å². The standard InChI is InChI=1S/C19H12N4O/c24-18-13-7-1-2-8-14(13)21-19-22(17-11-5-6-12-20-17)15-9-3-4-10-16(15)23(18)19/h1-12H. The maximum Gasteiger partial charge on any atom is 0.267 e. The number of aromatic nitrogens is 4. The number of rotatable bonds is 1. The number of fused-ring (bicyclic) bond motifs is 4. The second-order valence-electron chi connectivity index (χ2n) is 5.58. The van der Waals surface area contributed by atoms with E-state index in [0.29, 0.717) is 16.7 Å². The zero-order valence-corrected chi connectivity index (χ0v) is 12.6. The Balaban J connectivity index is 2.10. The molecule has 0 radical (unpaired) electrons. The third kappa shape index (κ3) is 1.66. The van der Waals surface area contributed by atoms with Crippen molar-refractivity contribution in [3.05, 3.63) is 83.3 Å². The van der Waals surface area contributed by atoms with E-state index in [1.165, 1.54) is 0 Å². The molecule has 5 aromatic rings. The van der Waals surface area contributed by atoms with Gasteiger partial charge >= 0.3 is 0 Å². The summed E-state index contributed by atoms with van der Waals surface area (Å²) >= 11 is 0. The number of para-hydroxylation sites is 3. The van der Waals surface area contributed by atoms with Crippen molar-refractivity contribution in [3.8, 4) is 5.82 Å². The van der Waals surface area contributed by atoms with Crippen LogP contribution in [0.1, 0.15) is 0 Å². The van der Waals surface area contributed by atoms with Crippen LogP contribution in [0.5, 0.6) is 0 Å². The fourth-order valence-corrected chi connectivity index (χ4v) is 3.15. The molecule has 0 aliphatic heterocycles. The molecule has 0 unspecified atom stereocenters. The SMILES string of the molecule is O=c1c2ccccc2nc2n(-c3ccccn3)c3ccccc3n12. The lowest BCUT2D eigenvalue weighted by molar-refractivity contribution is 1.01. The van der Waals surface area contributed by atoms with Gasteiger partial charge in [0.1, 0.15) is 5.82 Å². The summed E-state index contributed by atoms with van der Waals surface area (Å²) in [7, 11) is 0. The molecule has 0 amide bonds. The highest BCUT2D eigenvalue weighted by atomic mass is 16.1. The molecule has 0 aliphatic rings. The number of nitrogens with zero attached hydrogens (tertiary/aromatic N) is 4. The third-order valence-corrected chi connectivity index (χ3v) is 4.20. The van der Waals surface area contributed by atoms with E-state index in [4.69, 9.17) is 4.98 Å². The third-order valence-electron chi connectivity index (χ3n) is 4.20. The summed E-state index contributed by atoms with van der Waals surface area (Å²) in [5, 5.41) is 0.610. The zero-order chi connectivity index (χ0) is 16.1. The number of imidazole rings is 1. The molecule has 5 heteroatoms. The topological polar surface area (TPSA) is 52.2 Å². The Morgan fingerprint density at radius 3 is 2.38 bits per heavy atom. The smallest absolute Gasteiger partial charge is 0.267 e. The predicted octanol–water partition coefficient (Wildman–Crippen LogP) is 3.19. The van der Waals surface area contributed by atoms with E-state index in [0.717, 1.165) is 16.9 Å². The first-order chi connectivity index (χ1) is 11.8. The number of benzene rings is 2. The Hall–Kier alpha value is -3.47. The fraction of sp³-hybridized carbons (Fsp3) is 0. The van der Waals surface area contributed by atoms with Crippen molar-refractivity contribution in [1.29, 1.82) is 0 Å². The van der Waals surface area contributed by atoms with Crippen molar-refractivity contribution in [2.45, 2.75) is 0 Å². The van der Waals surface area contributed by atoms with Crippen molar-refractivity contribution in [2.75, 3.05) is 0 Å². The minimum Gasteiger partial charge on any atom is -0.268 e. The average molecular weight is 312 g/mol. The van der Waals surface area contributed by atoms with Crippen LogP contribution in [0.4, 0.5) is 0 Å². The quantitative estimate of drug-likeness (QED) is 0.478. The van der Waals surface area contributed by atoms with Crippen molar-refractivity contribution in [1.82, 2.24) is 18.9 Å². The highest BCUT2D eigenvalue weighted by molar-refractivity contribution is 5.87. The highest BCUT2D eigenvalue weighted by Gasteiger charge is 2.16. The van der Waals surface area contributed by atoms with Crippen LogP contribution in [-0.2, 0) is 0 Å². The minimum absolute atomic E-state index is 0.0681. The van der Waals surface area contributed by atoms with Crippen molar-refractivity contribution in [3.63, 3.8) is 0 Å². The van der Waals surface area contributed by atoms with Crippen LogP contribution in [0.2, 0.25) is 0 Å². The average Bonchev–Trinajstić information content (AvgIpc) is 2.97. The van der Waals surface area contributed by atoms with E-state index in [1.54, 1.807) is 10.6 Å². The summed E-state index contributed by atoms with van der Waals surface area (Å²) in [6.07, 6.45) is 1.74. The maximum atomic E-state index is 13.0. The first-order valence-corrected chi connectivity index (χ1v) is 7.67. The van der Waals surface area contributed by atoms with Crippen molar-refractivity contribution in [2.24, 2.45) is 0 Å². The van der Waals surface area contributed by atoms with Gasteiger partial charge in [0.2, 0.25) is 5.78 Å². The van der Waals surface area contributed by atoms with Gasteiger partial charge in [-0.15, -0.1) is 0 Å². The molecule has 0 spiro atoms. The van der Waals surface area contributed by atoms with Gasteiger partial charge in [0.05, 0.1) is 21.9 Å². The molecule has 5 nitrogen and oxygen atoms in total. The van der Waals surface area contributed by atoms with Gasteiger partial charge in [-0.2, -0.15) is 0 Å². The van der Waals surface area contributed by atoms with E-state index >= 15 is 0 Å². The lowest BCUT2D eigenvalue weighted by Crippen LogP contribution is -2.15. The number of pyridine rings is 1. The number of hydrogen-bond donors (Lipinski definition) is 0. The van der Waals surface area contributed by atoms with Crippen LogP contribution >= 0.6 is 0 Å². The lowest BCUT2D eigenvalue weighted by Gasteiger charge is -2.05. The summed E-state index contributed by atoms with van der Waals surface area (Å²) in [5.41, 5.74) is 2.33. The predicted molar refractivity (Wildman–Crippen MR) is 93.6 cm³/mol. The molecular formula is C19H12N4O. The normalized spacial score (nSPS) is 11.5. The zero-order valence-electron chi connectivity index (χ0n) is 12.6. The van der Waals surface area contributed by atoms with Crippen LogP contribution < -0.4 is 5.56 Å². The molecule has 2 aromatic carbocycles. The van der Waals surface area contributed by atoms with Crippen molar-refractivity contribution < 1.29 is 0 Å². The Morgan fingerprint density at radius 2 is 1.54 bits per heavy atom. The fourth-order valence-electron chi connectivity index (χ4n) is 3.15. The molecule has 3 heterocycles. The lowest BCUT2D eigenvalue weighted by atomic mass is 10.2. The Morgan fingerprint density at radius 1 is 0.792 bits per heavy atom. The summed E-state index contributed by atoms with van der Waals surface area (Å²) < 4.78 is 3.58. The first-order valence-electron chi connectivity index (χ1n) is 7.67. The van der Waals surface area contributed by atoms with Gasteiger partial charge in [0.25, 0.3) is 5.56 Å². The van der Waals surface area contributed by atoms with Gasteiger partial charge in [0.15, 0.2) is 0 Å². The summed E-state index contributed by atoms with van der Waals surface area (Å²) in [6, 6.07) is 20.9. The monoisotopic (exact) mass is 312 g/mol. The van der Waals surface area contributed by atoms with E-state index in [9.17, 15) is 4.79 Å². The Kier molecular flexibility index (Phi) is 2.58. The largest absolute Gasteiger partial charge is 0.268 e. The Bertz CT molecular complexity index is 1270. The van der Waals surface area contributed by atoms with Gasteiger partial charge in [0, 0.05) is 6.20 Å². The molecule has 0 saturated heterocycles. The molecule has 24 heavy (non-hydrogen) atoms. The Labute approximate surface area is 136 Å². The van der Waals surface area contributed by atoms with Gasteiger partial charge in [-0.05, 0) is 36.4 Å². The van der Waals surface area contributed by atoms with Crippen LogP contribution in [0.25, 0.3) is 33.5 Å². The van der Waals surface area contributed by atoms with E-state index < -0.39 is 0 Å². The first kappa shape index (κ1) is 13.0. The van der Waals surface area contributed by atoms with E-state index in [1.807, 2.05) is 71.3 Å². The molecule has 0 N–H and O–H groups in total. The minimum atomic E-state index is -0.0681. The highest BCUT2D eigenvalue weighted by Crippen LogP contribution is 2.23. The summed E-state index contributed by atoms with van der Waals surface area (Å²) in [6.45, 7) is 0. The molecular weight excluding hydrogens is 300 g/mol. The van der Waals surface area contributed by atoms with Crippen LogP contribution in [0.15, 0.2) is 77.7 Å². The molecule has 5 rings (SSSR count). The van der Waals surface area contributed by atoms with E-state index in [2.05, 4.69) is 4.98 Å². The maximum absolute atomic E-state index is 13.0. The second kappa shape index (κ2) is 4.76.